The standard InChI is InChI=1S/C40H47N5O5/c41-35-9-4-5-10-36(35)43-39(48)12-6-11-38(47)42-33-19-17-32(18-20-33)40-49-34(25-37(50-40)31-15-13-30(28-46)14-16-31)27-45-23-21-44(22-24-45)26-29-7-2-1-3-8-29/h1-5,7-10,13-20,34,37,40,46H,6,11-12,21-28,41H2,(H,42,47)(H,43,48)/t34-,37+,40+/m1/s1. The smallest absolute Gasteiger partial charge is 0.224 e. The number of aliphatic hydroxyl groups is 1. The quantitative estimate of drug-likeness (QED) is 0.129. The Morgan fingerprint density at radius 2 is 1.36 bits per heavy atom. The molecule has 2 amide bonds. The van der Waals surface area contributed by atoms with Crippen LogP contribution >= 0.6 is 0 Å². The fourth-order valence-corrected chi connectivity index (χ4v) is 6.47. The molecule has 6 rings (SSSR count). The monoisotopic (exact) mass is 677 g/mol. The summed E-state index contributed by atoms with van der Waals surface area (Å²) in [5.74, 6) is -0.343. The molecular weight excluding hydrogens is 630 g/mol. The van der Waals surface area contributed by atoms with Gasteiger partial charge in [-0.3, -0.25) is 19.4 Å². The predicted octanol–water partition coefficient (Wildman–Crippen LogP) is 5.87. The molecule has 0 saturated carbocycles. The van der Waals surface area contributed by atoms with Gasteiger partial charge in [-0.05, 0) is 47.4 Å². The lowest BCUT2D eigenvalue weighted by atomic mass is 9.99. The first-order valence-corrected chi connectivity index (χ1v) is 17.5. The molecule has 0 radical (unpaired) electrons. The van der Waals surface area contributed by atoms with Gasteiger partial charge in [0.2, 0.25) is 11.8 Å². The van der Waals surface area contributed by atoms with Gasteiger partial charge in [-0.2, -0.15) is 0 Å². The van der Waals surface area contributed by atoms with Gasteiger partial charge in [-0.25, -0.2) is 0 Å². The highest BCUT2D eigenvalue weighted by atomic mass is 16.7. The van der Waals surface area contributed by atoms with Gasteiger partial charge in [0.25, 0.3) is 0 Å². The molecule has 2 aliphatic heterocycles. The molecule has 10 nitrogen and oxygen atoms in total. The number of nitrogens with zero attached hydrogens (tertiary/aromatic N) is 2. The van der Waals surface area contributed by atoms with E-state index in [1.54, 1.807) is 18.2 Å². The molecule has 2 saturated heterocycles. The number of carbonyl (C=O) groups is 2. The first-order chi connectivity index (χ1) is 24.4. The number of hydrogen-bond acceptors (Lipinski definition) is 8. The number of carbonyl (C=O) groups excluding carboxylic acids is 2. The first kappa shape index (κ1) is 35.3. The van der Waals surface area contributed by atoms with E-state index in [0.29, 0.717) is 23.5 Å². The molecule has 0 aromatic heterocycles. The molecule has 0 spiro atoms. The molecular formula is C40H47N5O5. The number of benzene rings is 4. The maximum absolute atomic E-state index is 12.6. The van der Waals surface area contributed by atoms with Crippen LogP contribution in [0, 0.1) is 0 Å². The van der Waals surface area contributed by atoms with Gasteiger partial charge >= 0.3 is 0 Å². The highest BCUT2D eigenvalue weighted by molar-refractivity contribution is 5.94. The Bertz CT molecular complexity index is 1680. The van der Waals surface area contributed by atoms with Crippen LogP contribution in [0.2, 0.25) is 0 Å². The van der Waals surface area contributed by atoms with E-state index in [-0.39, 0.29) is 43.5 Å². The Morgan fingerprint density at radius 3 is 2.06 bits per heavy atom. The Hall–Kier alpha value is -4.58. The Morgan fingerprint density at radius 1 is 0.720 bits per heavy atom. The summed E-state index contributed by atoms with van der Waals surface area (Å²) in [7, 11) is 0. The minimum atomic E-state index is -0.572. The molecule has 10 heteroatoms. The second-order valence-corrected chi connectivity index (χ2v) is 13.1. The Kier molecular flexibility index (Phi) is 12.3. The predicted molar refractivity (Wildman–Crippen MR) is 195 cm³/mol. The van der Waals surface area contributed by atoms with Crippen LogP contribution in [0.4, 0.5) is 17.1 Å². The summed E-state index contributed by atoms with van der Waals surface area (Å²) < 4.78 is 13.1. The first-order valence-electron chi connectivity index (χ1n) is 17.5. The summed E-state index contributed by atoms with van der Waals surface area (Å²) in [6.07, 6.45) is 0.796. The van der Waals surface area contributed by atoms with Crippen LogP contribution in [0.15, 0.2) is 103 Å². The Balaban J connectivity index is 1.03. The normalized spacial score (nSPS) is 19.9. The highest BCUT2D eigenvalue weighted by Gasteiger charge is 2.34. The van der Waals surface area contributed by atoms with Crippen molar-refractivity contribution in [3.8, 4) is 0 Å². The van der Waals surface area contributed by atoms with E-state index in [1.807, 2.05) is 54.6 Å². The largest absolute Gasteiger partial charge is 0.397 e. The molecule has 50 heavy (non-hydrogen) atoms. The molecule has 3 atom stereocenters. The fraction of sp³-hybridized carbons (Fsp3) is 0.350. The number of hydrogen-bond donors (Lipinski definition) is 4. The molecule has 2 aliphatic rings. The van der Waals surface area contributed by atoms with Crippen LogP contribution in [0.5, 0.6) is 0 Å². The third-order valence-electron chi connectivity index (χ3n) is 9.30. The number of ether oxygens (including phenoxy) is 2. The van der Waals surface area contributed by atoms with Crippen molar-refractivity contribution < 1.29 is 24.2 Å². The SMILES string of the molecule is Nc1ccccc1NC(=O)CCCC(=O)Nc1ccc([C@H]2O[C@@H](CN3CCN(Cc4ccccc4)CC3)C[C@@H](c3ccc(CO)cc3)O2)cc1. The number of nitrogen functional groups attached to an aromatic ring is 1. The molecule has 5 N–H and O–H groups in total. The number of para-hydroxylation sites is 2. The molecule has 4 aromatic carbocycles. The van der Waals surface area contributed by atoms with Crippen molar-refractivity contribution in [3.63, 3.8) is 0 Å². The summed E-state index contributed by atoms with van der Waals surface area (Å²) in [5.41, 5.74) is 11.8. The highest BCUT2D eigenvalue weighted by Crippen LogP contribution is 2.38. The van der Waals surface area contributed by atoms with Crippen LogP contribution in [0.3, 0.4) is 0 Å². The minimum absolute atomic E-state index is 0.00154. The van der Waals surface area contributed by atoms with Crippen molar-refractivity contribution in [1.82, 2.24) is 9.80 Å². The van der Waals surface area contributed by atoms with E-state index in [0.717, 1.165) is 62.4 Å². The van der Waals surface area contributed by atoms with Crippen LogP contribution in [-0.2, 0) is 32.2 Å². The third kappa shape index (κ3) is 9.99. The van der Waals surface area contributed by atoms with Crippen molar-refractivity contribution in [2.24, 2.45) is 0 Å². The lowest BCUT2D eigenvalue weighted by Crippen LogP contribution is -2.49. The summed E-state index contributed by atoms with van der Waals surface area (Å²) >= 11 is 0. The maximum atomic E-state index is 12.6. The van der Waals surface area contributed by atoms with Crippen LogP contribution in [0.25, 0.3) is 0 Å². The van der Waals surface area contributed by atoms with Crippen molar-refractivity contribution in [1.29, 1.82) is 0 Å². The number of piperazine rings is 1. The minimum Gasteiger partial charge on any atom is -0.397 e. The zero-order chi connectivity index (χ0) is 34.7. The van der Waals surface area contributed by atoms with Crippen molar-refractivity contribution in [3.05, 3.63) is 125 Å². The van der Waals surface area contributed by atoms with Gasteiger partial charge in [0.1, 0.15) is 0 Å². The number of anilines is 3. The second-order valence-electron chi connectivity index (χ2n) is 13.1. The van der Waals surface area contributed by atoms with E-state index >= 15 is 0 Å². The van der Waals surface area contributed by atoms with Gasteiger partial charge in [0.15, 0.2) is 6.29 Å². The topological polar surface area (TPSA) is 129 Å². The molecule has 4 aromatic rings. The van der Waals surface area contributed by atoms with E-state index in [4.69, 9.17) is 15.2 Å². The summed E-state index contributed by atoms with van der Waals surface area (Å²) in [5, 5.41) is 15.3. The molecule has 0 unspecified atom stereocenters. The zero-order valence-corrected chi connectivity index (χ0v) is 28.4. The summed E-state index contributed by atoms with van der Waals surface area (Å²) in [6, 6.07) is 33.2. The molecule has 2 heterocycles. The number of amides is 2. The summed E-state index contributed by atoms with van der Waals surface area (Å²) in [6.45, 7) is 5.76. The third-order valence-corrected chi connectivity index (χ3v) is 9.30. The van der Waals surface area contributed by atoms with Gasteiger partial charge in [-0.15, -0.1) is 0 Å². The van der Waals surface area contributed by atoms with E-state index in [1.165, 1.54) is 5.56 Å². The lowest BCUT2D eigenvalue weighted by Gasteiger charge is -2.40. The van der Waals surface area contributed by atoms with E-state index in [9.17, 15) is 14.7 Å². The number of rotatable bonds is 13. The number of nitrogens with two attached hydrogens (primary N) is 1. The second kappa shape index (κ2) is 17.4. The van der Waals surface area contributed by atoms with Crippen LogP contribution < -0.4 is 16.4 Å². The molecule has 0 aliphatic carbocycles. The number of nitrogens with one attached hydrogen (secondary N) is 2. The zero-order valence-electron chi connectivity index (χ0n) is 28.4. The molecule has 0 bridgehead atoms. The van der Waals surface area contributed by atoms with Crippen LogP contribution in [-0.4, -0.2) is 65.5 Å². The average Bonchev–Trinajstić information content (AvgIpc) is 3.14. The average molecular weight is 678 g/mol. The van der Waals surface area contributed by atoms with Crippen molar-refractivity contribution >= 4 is 28.9 Å². The summed E-state index contributed by atoms with van der Waals surface area (Å²) in [4.78, 5) is 29.9. The lowest BCUT2D eigenvalue weighted by molar-refractivity contribution is -0.253. The van der Waals surface area contributed by atoms with Crippen LogP contribution in [0.1, 0.15) is 60.3 Å². The number of aliphatic hydroxyl groups excluding tert-OH is 1. The van der Waals surface area contributed by atoms with Gasteiger partial charge in [0.05, 0.1) is 30.2 Å². The Labute approximate surface area is 294 Å². The van der Waals surface area contributed by atoms with Gasteiger partial charge in [-0.1, -0.05) is 78.9 Å². The van der Waals surface area contributed by atoms with Crippen molar-refractivity contribution in [2.45, 2.75) is 57.3 Å². The van der Waals surface area contributed by atoms with E-state index in [2.05, 4.69) is 50.8 Å². The fourth-order valence-electron chi connectivity index (χ4n) is 6.47. The molecule has 2 fully saturated rings. The van der Waals surface area contributed by atoms with Crippen molar-refractivity contribution in [2.75, 3.05) is 49.1 Å². The maximum Gasteiger partial charge on any atom is 0.224 e. The van der Waals surface area contributed by atoms with E-state index < -0.39 is 6.29 Å². The molecule has 262 valence electrons. The van der Waals surface area contributed by atoms with Gasteiger partial charge in [0, 0.05) is 69.8 Å². The van der Waals surface area contributed by atoms with Gasteiger partial charge < -0.3 is 30.9 Å².